The van der Waals surface area contributed by atoms with Gasteiger partial charge in [0.25, 0.3) is 0 Å². The third-order valence-electron chi connectivity index (χ3n) is 5.27. The topological polar surface area (TPSA) is 73.8 Å². The Morgan fingerprint density at radius 2 is 1.87 bits per heavy atom. The molecule has 1 aliphatic carbocycles. The Bertz CT molecular complexity index is 504. The van der Waals surface area contributed by atoms with Gasteiger partial charge in [0.2, 0.25) is 10.0 Å². The summed E-state index contributed by atoms with van der Waals surface area (Å²) in [4.78, 5) is 4.32. The van der Waals surface area contributed by atoms with Crippen LogP contribution in [0.25, 0.3) is 0 Å². The molecule has 134 valence electrons. The Morgan fingerprint density at radius 1 is 1.26 bits per heavy atom. The lowest BCUT2D eigenvalue weighted by atomic mass is 9.89. The highest BCUT2D eigenvalue weighted by Crippen LogP contribution is 2.36. The first-order valence-corrected chi connectivity index (χ1v) is 10.4. The first kappa shape index (κ1) is 18.5. The van der Waals surface area contributed by atoms with Gasteiger partial charge in [-0.2, -0.15) is 0 Å². The van der Waals surface area contributed by atoms with Crippen LogP contribution in [0.2, 0.25) is 0 Å². The van der Waals surface area contributed by atoms with E-state index >= 15 is 0 Å². The number of nitrogens with one attached hydrogen (secondary N) is 2. The highest BCUT2D eigenvalue weighted by atomic mass is 32.2. The van der Waals surface area contributed by atoms with Gasteiger partial charge in [0, 0.05) is 32.7 Å². The summed E-state index contributed by atoms with van der Waals surface area (Å²) in [6.07, 6.45) is 6.88. The van der Waals surface area contributed by atoms with E-state index in [1.165, 1.54) is 25.7 Å². The van der Waals surface area contributed by atoms with Crippen molar-refractivity contribution in [3.8, 4) is 0 Å². The van der Waals surface area contributed by atoms with Gasteiger partial charge >= 0.3 is 0 Å². The largest absolute Gasteiger partial charge is 0.356 e. The van der Waals surface area contributed by atoms with E-state index in [4.69, 9.17) is 0 Å². The molecular formula is C16H32N4O2S. The van der Waals surface area contributed by atoms with E-state index in [1.54, 1.807) is 18.3 Å². The number of hydrogen-bond acceptors (Lipinski definition) is 3. The first-order chi connectivity index (χ1) is 10.9. The van der Waals surface area contributed by atoms with Crippen molar-refractivity contribution in [2.75, 3.05) is 32.4 Å². The summed E-state index contributed by atoms with van der Waals surface area (Å²) in [7, 11) is -1.25. The van der Waals surface area contributed by atoms with E-state index in [0.717, 1.165) is 25.3 Å². The molecule has 0 bridgehead atoms. The van der Waals surface area contributed by atoms with Crippen molar-refractivity contribution in [3.05, 3.63) is 0 Å². The molecule has 0 spiro atoms. The lowest BCUT2D eigenvalue weighted by Crippen LogP contribution is -2.51. The van der Waals surface area contributed by atoms with E-state index in [9.17, 15) is 8.42 Å². The molecule has 1 aliphatic heterocycles. The second kappa shape index (κ2) is 7.83. The van der Waals surface area contributed by atoms with Crippen molar-refractivity contribution in [1.29, 1.82) is 0 Å². The molecule has 2 rings (SSSR count). The highest BCUT2D eigenvalue weighted by molar-refractivity contribution is 7.89. The third kappa shape index (κ3) is 5.08. The zero-order chi connectivity index (χ0) is 16.9. The van der Waals surface area contributed by atoms with Crippen molar-refractivity contribution in [2.24, 2.45) is 10.4 Å². The number of hydrogen-bond donors (Lipinski definition) is 2. The predicted molar refractivity (Wildman–Crippen MR) is 95.1 cm³/mol. The fourth-order valence-electron chi connectivity index (χ4n) is 3.55. The average Bonchev–Trinajstić information content (AvgIpc) is 2.99. The molecule has 1 heterocycles. The van der Waals surface area contributed by atoms with Crippen LogP contribution in [-0.2, 0) is 10.0 Å². The van der Waals surface area contributed by atoms with Gasteiger partial charge in [-0.15, -0.1) is 0 Å². The van der Waals surface area contributed by atoms with E-state index in [1.807, 2.05) is 0 Å². The van der Waals surface area contributed by atoms with Crippen molar-refractivity contribution in [1.82, 2.24) is 14.9 Å². The average molecular weight is 345 g/mol. The van der Waals surface area contributed by atoms with E-state index in [-0.39, 0.29) is 5.75 Å². The Labute approximate surface area is 141 Å². The number of aliphatic imine (C=N–C) groups is 1. The van der Waals surface area contributed by atoms with Crippen LogP contribution in [0.4, 0.5) is 0 Å². The number of rotatable bonds is 5. The summed E-state index contributed by atoms with van der Waals surface area (Å²) >= 11 is 0. The van der Waals surface area contributed by atoms with Gasteiger partial charge in [-0.25, -0.2) is 12.7 Å². The van der Waals surface area contributed by atoms with Crippen molar-refractivity contribution < 1.29 is 8.42 Å². The maximum atomic E-state index is 11.9. The summed E-state index contributed by atoms with van der Waals surface area (Å²) in [5, 5.41) is 6.91. The summed E-state index contributed by atoms with van der Waals surface area (Å²) in [5.41, 5.74) is 0.385. The third-order valence-corrected chi connectivity index (χ3v) is 7.15. The maximum absolute atomic E-state index is 11.9. The molecule has 0 amide bonds. The molecule has 0 unspecified atom stereocenters. The van der Waals surface area contributed by atoms with Crippen LogP contribution < -0.4 is 10.6 Å². The molecule has 6 nitrogen and oxygen atoms in total. The molecule has 0 aromatic rings. The highest BCUT2D eigenvalue weighted by Gasteiger charge is 2.30. The molecule has 1 saturated heterocycles. The predicted octanol–water partition coefficient (Wildman–Crippen LogP) is 1.55. The molecule has 0 aromatic carbocycles. The number of guanidine groups is 1. The van der Waals surface area contributed by atoms with Crippen LogP contribution in [0.1, 0.15) is 52.4 Å². The Kier molecular flexibility index (Phi) is 6.31. The molecule has 1 saturated carbocycles. The van der Waals surface area contributed by atoms with Crippen molar-refractivity contribution in [2.45, 2.75) is 58.4 Å². The van der Waals surface area contributed by atoms with E-state index < -0.39 is 10.0 Å². The Morgan fingerprint density at radius 3 is 2.39 bits per heavy atom. The zero-order valence-corrected chi connectivity index (χ0v) is 15.6. The van der Waals surface area contributed by atoms with E-state index in [2.05, 4.69) is 22.5 Å². The van der Waals surface area contributed by atoms with Crippen molar-refractivity contribution >= 4 is 16.0 Å². The SMILES string of the molecule is CCS(=O)(=O)N1CCC(NC(=NC)NCC2(C)CCCC2)CC1. The molecule has 7 heteroatoms. The minimum atomic E-state index is -3.05. The Hall–Kier alpha value is -0.820. The fourth-order valence-corrected chi connectivity index (χ4v) is 4.68. The second-order valence-corrected chi connectivity index (χ2v) is 9.42. The molecule has 0 atom stereocenters. The monoisotopic (exact) mass is 344 g/mol. The summed E-state index contributed by atoms with van der Waals surface area (Å²) < 4.78 is 25.4. The molecular weight excluding hydrogens is 312 g/mol. The first-order valence-electron chi connectivity index (χ1n) is 8.83. The van der Waals surface area contributed by atoms with Gasteiger partial charge in [-0.1, -0.05) is 19.8 Å². The van der Waals surface area contributed by atoms with Gasteiger partial charge in [0.15, 0.2) is 5.96 Å². The minimum Gasteiger partial charge on any atom is -0.356 e. The van der Waals surface area contributed by atoms with Crippen LogP contribution in [0.15, 0.2) is 4.99 Å². The van der Waals surface area contributed by atoms with Gasteiger partial charge in [-0.3, -0.25) is 4.99 Å². The standard InChI is InChI=1S/C16H32N4O2S/c1-4-23(21,22)20-11-7-14(8-12-20)19-15(17-3)18-13-16(2)9-5-6-10-16/h14H,4-13H2,1-3H3,(H2,17,18,19). The van der Waals surface area contributed by atoms with Crippen molar-refractivity contribution in [3.63, 3.8) is 0 Å². The van der Waals surface area contributed by atoms with Gasteiger partial charge < -0.3 is 10.6 Å². The normalized spacial score (nSPS) is 23.9. The van der Waals surface area contributed by atoms with Gasteiger partial charge in [0.1, 0.15) is 0 Å². The smallest absolute Gasteiger partial charge is 0.213 e. The lowest BCUT2D eigenvalue weighted by molar-refractivity contribution is 0.303. The van der Waals surface area contributed by atoms with E-state index in [0.29, 0.717) is 24.5 Å². The number of nitrogens with zero attached hydrogens (tertiary/aromatic N) is 2. The van der Waals surface area contributed by atoms with Crippen LogP contribution >= 0.6 is 0 Å². The fraction of sp³-hybridized carbons (Fsp3) is 0.938. The van der Waals surface area contributed by atoms with Crippen LogP contribution in [0, 0.1) is 5.41 Å². The van der Waals surface area contributed by atoms with Gasteiger partial charge in [0.05, 0.1) is 5.75 Å². The molecule has 2 N–H and O–H groups in total. The lowest BCUT2D eigenvalue weighted by Gasteiger charge is -2.33. The minimum absolute atomic E-state index is 0.187. The second-order valence-electron chi connectivity index (χ2n) is 7.16. The zero-order valence-electron chi connectivity index (χ0n) is 14.8. The number of sulfonamides is 1. The molecule has 0 radical (unpaired) electrons. The van der Waals surface area contributed by atoms with Crippen LogP contribution in [0.5, 0.6) is 0 Å². The summed E-state index contributed by atoms with van der Waals surface area (Å²) in [6.45, 7) is 6.20. The molecule has 2 fully saturated rings. The quantitative estimate of drug-likeness (QED) is 0.586. The summed E-state index contributed by atoms with van der Waals surface area (Å²) in [6, 6.07) is 0.292. The van der Waals surface area contributed by atoms with Gasteiger partial charge in [-0.05, 0) is 38.0 Å². The molecule has 2 aliphatic rings. The number of piperidine rings is 1. The maximum Gasteiger partial charge on any atom is 0.213 e. The molecule has 0 aromatic heterocycles. The molecule has 23 heavy (non-hydrogen) atoms. The summed E-state index contributed by atoms with van der Waals surface area (Å²) in [5.74, 6) is 1.03. The Balaban J connectivity index is 1.78. The van der Waals surface area contributed by atoms with Crippen LogP contribution in [0.3, 0.4) is 0 Å². The van der Waals surface area contributed by atoms with Crippen LogP contribution in [-0.4, -0.2) is 57.2 Å².